The highest BCUT2D eigenvalue weighted by molar-refractivity contribution is 5.78. The van der Waals surface area contributed by atoms with Crippen LogP contribution in [0.15, 0.2) is 0 Å². The number of carbonyl (C=O) groups excluding carboxylic acids is 1. The van der Waals surface area contributed by atoms with Gasteiger partial charge in [0.05, 0.1) is 0 Å². The van der Waals surface area contributed by atoms with E-state index in [2.05, 4.69) is 22.9 Å². The molecule has 120 valence electrons. The maximum atomic E-state index is 12.4. The molecule has 5 unspecified atom stereocenters. The van der Waals surface area contributed by atoms with Gasteiger partial charge in [-0.15, -0.1) is 0 Å². The van der Waals surface area contributed by atoms with Crippen molar-refractivity contribution in [3.63, 3.8) is 0 Å². The molecule has 1 amide bonds. The molecule has 4 nitrogen and oxygen atoms in total. The zero-order valence-electron chi connectivity index (χ0n) is 13.4. The molecule has 3 saturated heterocycles. The van der Waals surface area contributed by atoms with Crippen molar-refractivity contribution < 1.29 is 4.79 Å². The second-order valence-electron chi connectivity index (χ2n) is 7.36. The Morgan fingerprint density at radius 2 is 1.81 bits per heavy atom. The summed E-state index contributed by atoms with van der Waals surface area (Å²) in [6.07, 6.45) is 9.60. The van der Waals surface area contributed by atoms with Crippen LogP contribution in [-0.2, 0) is 4.79 Å². The van der Waals surface area contributed by atoms with Gasteiger partial charge in [-0.2, -0.15) is 0 Å². The fourth-order valence-electron chi connectivity index (χ4n) is 4.45. The second-order valence-corrected chi connectivity index (χ2v) is 7.36. The molecule has 0 aliphatic carbocycles. The third-order valence-corrected chi connectivity index (χ3v) is 5.76. The minimum Gasteiger partial charge on any atom is -0.352 e. The molecule has 21 heavy (non-hydrogen) atoms. The summed E-state index contributed by atoms with van der Waals surface area (Å²) in [6, 6.07) is 1.52. The van der Waals surface area contributed by atoms with Gasteiger partial charge in [-0.3, -0.25) is 4.79 Å². The predicted molar refractivity (Wildman–Crippen MR) is 85.1 cm³/mol. The highest BCUT2D eigenvalue weighted by Gasteiger charge is 2.36. The Bertz CT molecular complexity index is 360. The smallest absolute Gasteiger partial charge is 0.223 e. The minimum absolute atomic E-state index is 0.166. The monoisotopic (exact) mass is 293 g/mol. The van der Waals surface area contributed by atoms with Gasteiger partial charge in [0.1, 0.15) is 0 Å². The third kappa shape index (κ3) is 3.78. The summed E-state index contributed by atoms with van der Waals surface area (Å²) in [6.45, 7) is 4.34. The SMILES string of the molecule is CC1CCCCC2CC(CCN2)C2NCCCC2NC1=O. The topological polar surface area (TPSA) is 53.2 Å². The average molecular weight is 293 g/mol. The Balaban J connectivity index is 1.74. The van der Waals surface area contributed by atoms with Crippen molar-refractivity contribution in [2.24, 2.45) is 11.8 Å². The molecule has 5 atom stereocenters. The molecule has 3 heterocycles. The fraction of sp³-hybridized carbons (Fsp3) is 0.941. The number of hydrogen-bond donors (Lipinski definition) is 3. The maximum absolute atomic E-state index is 12.4. The number of piperidine rings is 2. The van der Waals surface area contributed by atoms with Crippen molar-refractivity contribution in [2.45, 2.75) is 76.4 Å². The Labute approximate surface area is 128 Å². The van der Waals surface area contributed by atoms with Gasteiger partial charge in [0, 0.05) is 24.0 Å². The Morgan fingerprint density at radius 3 is 2.71 bits per heavy atom. The van der Waals surface area contributed by atoms with E-state index >= 15 is 0 Å². The summed E-state index contributed by atoms with van der Waals surface area (Å²) < 4.78 is 0. The first kappa shape index (κ1) is 15.3. The highest BCUT2D eigenvalue weighted by atomic mass is 16.1. The lowest BCUT2D eigenvalue weighted by atomic mass is 9.78. The van der Waals surface area contributed by atoms with Gasteiger partial charge < -0.3 is 16.0 Å². The quantitative estimate of drug-likeness (QED) is 0.638. The fourth-order valence-corrected chi connectivity index (χ4v) is 4.45. The molecule has 0 aromatic carbocycles. The van der Waals surface area contributed by atoms with E-state index in [1.807, 2.05) is 0 Å². The van der Waals surface area contributed by atoms with E-state index in [1.165, 1.54) is 38.5 Å². The molecule has 3 aliphatic rings. The number of nitrogens with one attached hydrogen (secondary N) is 3. The zero-order chi connectivity index (χ0) is 14.7. The average Bonchev–Trinajstić information content (AvgIpc) is 2.51. The molecule has 0 aromatic rings. The van der Waals surface area contributed by atoms with Gasteiger partial charge in [0.25, 0.3) is 0 Å². The summed E-state index contributed by atoms with van der Waals surface area (Å²) >= 11 is 0. The molecule has 0 aromatic heterocycles. The van der Waals surface area contributed by atoms with Crippen LogP contribution in [0.1, 0.15) is 58.3 Å². The molecule has 3 fully saturated rings. The lowest BCUT2D eigenvalue weighted by Gasteiger charge is -2.42. The van der Waals surface area contributed by atoms with Crippen LogP contribution in [-0.4, -0.2) is 37.1 Å². The van der Waals surface area contributed by atoms with Gasteiger partial charge >= 0.3 is 0 Å². The van der Waals surface area contributed by atoms with Gasteiger partial charge in [0.2, 0.25) is 5.91 Å². The zero-order valence-corrected chi connectivity index (χ0v) is 13.4. The molecule has 0 saturated carbocycles. The first-order valence-electron chi connectivity index (χ1n) is 9.01. The lowest BCUT2D eigenvalue weighted by Crippen LogP contribution is -2.59. The minimum atomic E-state index is 0.166. The lowest BCUT2D eigenvalue weighted by molar-refractivity contribution is -0.126. The van der Waals surface area contributed by atoms with E-state index in [-0.39, 0.29) is 11.8 Å². The molecule has 3 aliphatic heterocycles. The van der Waals surface area contributed by atoms with Gasteiger partial charge in [-0.1, -0.05) is 19.8 Å². The molecule has 4 heteroatoms. The van der Waals surface area contributed by atoms with E-state index in [1.54, 1.807) is 0 Å². The van der Waals surface area contributed by atoms with Crippen LogP contribution >= 0.6 is 0 Å². The highest BCUT2D eigenvalue weighted by Crippen LogP contribution is 2.28. The first-order valence-corrected chi connectivity index (χ1v) is 9.01. The summed E-state index contributed by atoms with van der Waals surface area (Å²) in [5.74, 6) is 1.16. The van der Waals surface area contributed by atoms with Crippen molar-refractivity contribution in [3.8, 4) is 0 Å². The van der Waals surface area contributed by atoms with Crippen molar-refractivity contribution >= 4 is 5.91 Å². The number of amides is 1. The Kier molecular flexibility index (Phi) is 5.17. The molecule has 0 radical (unpaired) electrons. The molecule has 3 N–H and O–H groups in total. The number of carbonyl (C=O) groups is 1. The molecule has 3 rings (SSSR count). The van der Waals surface area contributed by atoms with Crippen LogP contribution in [0.3, 0.4) is 0 Å². The second kappa shape index (κ2) is 7.10. The molecular formula is C17H31N3O. The number of fused-ring (bicyclic) bond motifs is 4. The van der Waals surface area contributed by atoms with Crippen molar-refractivity contribution in [3.05, 3.63) is 0 Å². The first-order chi connectivity index (χ1) is 10.2. The van der Waals surface area contributed by atoms with Crippen LogP contribution < -0.4 is 16.0 Å². The molecule has 0 spiro atoms. The van der Waals surface area contributed by atoms with Crippen molar-refractivity contribution in [2.75, 3.05) is 13.1 Å². The molecule has 2 bridgehead atoms. The van der Waals surface area contributed by atoms with Gasteiger partial charge in [-0.05, 0) is 57.5 Å². The standard InChI is InChI=1S/C17H31N3O/c1-12-5-2-3-6-14-11-13(8-10-18-14)16-15(20-17(12)21)7-4-9-19-16/h12-16,18-19H,2-11H2,1H3,(H,20,21). The Morgan fingerprint density at radius 1 is 0.952 bits per heavy atom. The van der Waals surface area contributed by atoms with E-state index in [9.17, 15) is 4.79 Å². The third-order valence-electron chi connectivity index (χ3n) is 5.76. The van der Waals surface area contributed by atoms with Gasteiger partial charge in [0.15, 0.2) is 0 Å². The van der Waals surface area contributed by atoms with E-state index in [4.69, 9.17) is 0 Å². The molecular weight excluding hydrogens is 262 g/mol. The van der Waals surface area contributed by atoms with Gasteiger partial charge in [-0.25, -0.2) is 0 Å². The van der Waals surface area contributed by atoms with Crippen LogP contribution in [0.5, 0.6) is 0 Å². The maximum Gasteiger partial charge on any atom is 0.223 e. The summed E-state index contributed by atoms with van der Waals surface area (Å²) in [7, 11) is 0. The summed E-state index contributed by atoms with van der Waals surface area (Å²) in [4.78, 5) is 12.4. The van der Waals surface area contributed by atoms with Crippen molar-refractivity contribution in [1.29, 1.82) is 0 Å². The van der Waals surface area contributed by atoms with Crippen molar-refractivity contribution in [1.82, 2.24) is 16.0 Å². The summed E-state index contributed by atoms with van der Waals surface area (Å²) in [5, 5.41) is 10.8. The van der Waals surface area contributed by atoms with E-state index in [0.717, 1.165) is 31.8 Å². The van der Waals surface area contributed by atoms with Crippen LogP contribution in [0, 0.1) is 11.8 Å². The van der Waals surface area contributed by atoms with Crippen LogP contribution in [0.2, 0.25) is 0 Å². The normalized spacial score (nSPS) is 42.1. The summed E-state index contributed by atoms with van der Waals surface area (Å²) in [5.41, 5.74) is 0. The Hall–Kier alpha value is -0.610. The number of hydrogen-bond acceptors (Lipinski definition) is 3. The van der Waals surface area contributed by atoms with E-state index in [0.29, 0.717) is 18.1 Å². The van der Waals surface area contributed by atoms with E-state index < -0.39 is 0 Å². The number of rotatable bonds is 0. The largest absolute Gasteiger partial charge is 0.352 e. The van der Waals surface area contributed by atoms with Crippen LogP contribution in [0.25, 0.3) is 0 Å². The van der Waals surface area contributed by atoms with Crippen LogP contribution in [0.4, 0.5) is 0 Å². The predicted octanol–water partition coefficient (Wildman–Crippen LogP) is 1.80.